The predicted octanol–water partition coefficient (Wildman–Crippen LogP) is 4.95. The van der Waals surface area contributed by atoms with Crippen molar-refractivity contribution in [2.75, 3.05) is 11.5 Å². The molecule has 1 aliphatic heterocycles. The summed E-state index contributed by atoms with van der Waals surface area (Å²) in [5, 5.41) is 15.6. The second-order valence-electron chi connectivity index (χ2n) is 10.7. The molecule has 0 saturated carbocycles. The van der Waals surface area contributed by atoms with Crippen LogP contribution in [-0.2, 0) is 30.5 Å². The monoisotopic (exact) mass is 640 g/mol. The molecule has 0 radical (unpaired) electrons. The minimum absolute atomic E-state index is 0.154. The third-order valence-electron chi connectivity index (χ3n) is 6.51. The fraction of sp³-hybridized carbons (Fsp3) is 0.655. The van der Waals surface area contributed by atoms with E-state index in [0.717, 1.165) is 24.3 Å². The molecule has 1 aliphatic rings. The molecule has 0 fully saturated rings. The zero-order valence-electron chi connectivity index (χ0n) is 24.9. The Morgan fingerprint density at radius 1 is 1.24 bits per heavy atom. The molecule has 0 saturated heterocycles. The van der Waals surface area contributed by atoms with E-state index >= 15 is 0 Å². The van der Waals surface area contributed by atoms with Gasteiger partial charge in [0, 0.05) is 29.9 Å². The molecule has 0 bridgehead atoms. The van der Waals surface area contributed by atoms with Gasteiger partial charge in [-0.3, -0.25) is 19.4 Å². The summed E-state index contributed by atoms with van der Waals surface area (Å²) in [5.41, 5.74) is 5.23. The number of thiazole rings is 1. The van der Waals surface area contributed by atoms with Crippen LogP contribution in [0.25, 0.3) is 0 Å². The molecule has 0 aromatic carbocycles. The number of carboxylic acid groups (broad SMARTS) is 1. The van der Waals surface area contributed by atoms with Crippen LogP contribution in [0.5, 0.6) is 0 Å². The lowest BCUT2D eigenvalue weighted by molar-refractivity contribution is -0.155. The lowest BCUT2D eigenvalue weighted by atomic mass is 10.0. The van der Waals surface area contributed by atoms with Crippen LogP contribution in [0.1, 0.15) is 89.8 Å². The Kier molecular flexibility index (Phi) is 15.8. The Hall–Kier alpha value is -2.22. The number of nitrogens with one attached hydrogen (secondary N) is 1. The molecular formula is C29H44N4O6S3. The number of ether oxygens (including phenoxy) is 1. The fourth-order valence-corrected chi connectivity index (χ4v) is 6.66. The molecule has 3 atom stereocenters. The maximum atomic E-state index is 13.3. The van der Waals surface area contributed by atoms with Crippen molar-refractivity contribution in [1.29, 1.82) is 0 Å². The summed E-state index contributed by atoms with van der Waals surface area (Å²) in [6, 6.07) is -0.989. The predicted molar refractivity (Wildman–Crippen MR) is 171 cm³/mol. The summed E-state index contributed by atoms with van der Waals surface area (Å²) in [6.07, 6.45) is 8.42. The molecule has 4 N–H and O–H groups in total. The number of allylic oxidation sites excluding steroid dienone is 1. The van der Waals surface area contributed by atoms with Crippen LogP contribution in [0.15, 0.2) is 22.5 Å². The van der Waals surface area contributed by atoms with Crippen molar-refractivity contribution in [3.05, 3.63) is 28.2 Å². The molecule has 2 heterocycles. The molecule has 13 heteroatoms. The molecule has 234 valence electrons. The number of unbranched alkanes of at least 4 members (excludes halogenated alkanes) is 4. The average Bonchev–Trinajstić information content (AvgIpc) is 3.58. The summed E-state index contributed by atoms with van der Waals surface area (Å²) >= 11 is 4.11. The van der Waals surface area contributed by atoms with Crippen LogP contribution in [-0.4, -0.2) is 67.3 Å². The maximum absolute atomic E-state index is 13.3. The molecule has 42 heavy (non-hydrogen) atoms. The van der Waals surface area contributed by atoms with Crippen LogP contribution in [0.4, 0.5) is 0 Å². The summed E-state index contributed by atoms with van der Waals surface area (Å²) in [5.74, 6) is -1.62. The molecule has 1 aromatic heterocycles. The molecule has 10 nitrogen and oxygen atoms in total. The van der Waals surface area contributed by atoms with Gasteiger partial charge in [-0.2, -0.15) is 0 Å². The number of hydrogen-bond acceptors (Lipinski definition) is 11. The largest absolute Gasteiger partial charge is 0.481 e. The van der Waals surface area contributed by atoms with Gasteiger partial charge in [0.25, 0.3) is 0 Å². The van der Waals surface area contributed by atoms with E-state index in [1.807, 2.05) is 5.38 Å². The van der Waals surface area contributed by atoms with Gasteiger partial charge in [0.05, 0.1) is 6.42 Å². The molecule has 0 unspecified atom stereocenters. The lowest BCUT2D eigenvalue weighted by Crippen LogP contribution is -2.53. The number of carbonyl (C=O) groups excluding carboxylic acids is 3. The lowest BCUT2D eigenvalue weighted by Gasteiger charge is -2.27. The first-order valence-corrected chi connectivity index (χ1v) is 17.3. The van der Waals surface area contributed by atoms with Gasteiger partial charge in [-0.05, 0) is 31.8 Å². The number of carbonyl (C=O) groups is 4. The zero-order valence-corrected chi connectivity index (χ0v) is 27.4. The Labute approximate surface area is 261 Å². The number of aliphatic carboxylic acids is 1. The Morgan fingerprint density at radius 2 is 1.98 bits per heavy atom. The normalized spacial score (nSPS) is 18.2. The van der Waals surface area contributed by atoms with Crippen LogP contribution < -0.4 is 11.1 Å². The van der Waals surface area contributed by atoms with Crippen LogP contribution in [0.2, 0.25) is 0 Å². The molecule has 0 spiro atoms. The van der Waals surface area contributed by atoms with Crippen LogP contribution in [0.3, 0.4) is 0 Å². The number of amides is 1. The van der Waals surface area contributed by atoms with Gasteiger partial charge in [0.15, 0.2) is 5.12 Å². The maximum Gasteiger partial charge on any atom is 0.329 e. The number of thioether (sulfide) groups is 2. The summed E-state index contributed by atoms with van der Waals surface area (Å²) in [6.45, 7) is 7.73. The number of nitrogens with zero attached hydrogens (tertiary/aromatic N) is 2. The highest BCUT2D eigenvalue weighted by Crippen LogP contribution is 2.32. The highest BCUT2D eigenvalue weighted by atomic mass is 32.2. The molecule has 1 amide bonds. The van der Waals surface area contributed by atoms with Gasteiger partial charge in [-0.1, -0.05) is 64.3 Å². The van der Waals surface area contributed by atoms with Crippen molar-refractivity contribution < 1.29 is 29.0 Å². The number of carboxylic acids is 1. The van der Waals surface area contributed by atoms with Crippen molar-refractivity contribution in [2.24, 2.45) is 16.6 Å². The standard InChI is InChI=1S/C29H44N4O6S3/c1-5-6-7-8-9-13-24(36)40-14-11-10-12-20(15-23(34)35)39-27(37)25(19(2)3)32-28(38)29(4)18-42-26(33-29)21-17-41-22(16-30)31-21/h10,12,17,19-20,25H,5-9,11,13-16,18,30H2,1-4H3,(H,32,38)(H,34,35)/b12-10+/t20-,25-,29+/m1/s1. The third kappa shape index (κ3) is 12.2. The number of aromatic nitrogens is 1. The Morgan fingerprint density at radius 3 is 2.62 bits per heavy atom. The first-order chi connectivity index (χ1) is 20.0. The topological polar surface area (TPSA) is 161 Å². The second-order valence-corrected chi connectivity index (χ2v) is 13.7. The molecule has 1 aromatic rings. The SMILES string of the molecule is CCCCCCCC(=O)SCC/C=C/[C@H](CC(=O)O)OC(=O)[C@H](NC(=O)[C@]1(C)CSC(c2csc(CN)n2)=N1)C(C)C. The molecule has 2 rings (SSSR count). The van der Waals surface area contributed by atoms with Crippen molar-refractivity contribution in [3.8, 4) is 0 Å². The van der Waals surface area contributed by atoms with Gasteiger partial charge < -0.3 is 20.9 Å². The van der Waals surface area contributed by atoms with Gasteiger partial charge in [0.2, 0.25) is 5.91 Å². The van der Waals surface area contributed by atoms with E-state index in [0.29, 0.717) is 41.6 Å². The first-order valence-electron chi connectivity index (χ1n) is 14.4. The van der Waals surface area contributed by atoms with Crippen LogP contribution >= 0.6 is 34.9 Å². The number of rotatable bonds is 19. The number of nitrogens with two attached hydrogens (primary N) is 1. The van der Waals surface area contributed by atoms with E-state index in [4.69, 9.17) is 10.5 Å². The van der Waals surface area contributed by atoms with Crippen molar-refractivity contribution in [1.82, 2.24) is 10.3 Å². The van der Waals surface area contributed by atoms with E-state index in [1.54, 1.807) is 26.8 Å². The zero-order chi connectivity index (χ0) is 31.1. The summed E-state index contributed by atoms with van der Waals surface area (Å²) in [4.78, 5) is 58.9. The summed E-state index contributed by atoms with van der Waals surface area (Å²) < 4.78 is 5.54. The minimum Gasteiger partial charge on any atom is -0.481 e. The first kappa shape index (κ1) is 36.0. The van der Waals surface area contributed by atoms with Gasteiger partial charge in [-0.25, -0.2) is 9.78 Å². The smallest absolute Gasteiger partial charge is 0.329 e. The number of hydrogen-bond donors (Lipinski definition) is 3. The fourth-order valence-electron chi connectivity index (χ4n) is 4.02. The van der Waals surface area contributed by atoms with Crippen molar-refractivity contribution in [2.45, 2.75) is 103 Å². The highest BCUT2D eigenvalue weighted by molar-refractivity contribution is 8.14. The molecule has 0 aliphatic carbocycles. The number of aliphatic imine (C=N–C) groups is 1. The van der Waals surface area contributed by atoms with Gasteiger partial charge >= 0.3 is 11.9 Å². The van der Waals surface area contributed by atoms with E-state index < -0.39 is 42.0 Å². The highest BCUT2D eigenvalue weighted by Gasteiger charge is 2.41. The van der Waals surface area contributed by atoms with Gasteiger partial charge in [-0.15, -0.1) is 23.1 Å². The Bertz CT molecular complexity index is 1120. The van der Waals surface area contributed by atoms with E-state index in [2.05, 4.69) is 22.2 Å². The van der Waals surface area contributed by atoms with E-state index in [9.17, 15) is 24.3 Å². The molecular weight excluding hydrogens is 597 g/mol. The minimum atomic E-state index is -1.12. The number of esters is 1. The Balaban J connectivity index is 1.93. The quantitative estimate of drug-likeness (QED) is 0.107. The van der Waals surface area contributed by atoms with Gasteiger partial charge in [0.1, 0.15) is 33.4 Å². The van der Waals surface area contributed by atoms with Crippen molar-refractivity contribution in [3.63, 3.8) is 0 Å². The van der Waals surface area contributed by atoms with Crippen LogP contribution in [0, 0.1) is 5.92 Å². The van der Waals surface area contributed by atoms with Crippen molar-refractivity contribution >= 4 is 62.9 Å². The average molecular weight is 641 g/mol. The summed E-state index contributed by atoms with van der Waals surface area (Å²) in [7, 11) is 0. The van der Waals surface area contributed by atoms with E-state index in [-0.39, 0.29) is 11.0 Å². The van der Waals surface area contributed by atoms with E-state index in [1.165, 1.54) is 53.8 Å². The third-order valence-corrected chi connectivity index (χ3v) is 9.62. The second kappa shape index (κ2) is 18.4.